The van der Waals surface area contributed by atoms with Gasteiger partial charge in [0.15, 0.2) is 0 Å². The summed E-state index contributed by atoms with van der Waals surface area (Å²) in [5, 5.41) is 12.4. The molecule has 1 amide bonds. The number of hydrogen-bond acceptors (Lipinski definition) is 3. The van der Waals surface area contributed by atoms with Crippen molar-refractivity contribution in [1.82, 2.24) is 0 Å². The highest BCUT2D eigenvalue weighted by Crippen LogP contribution is 2.25. The number of nitrogens with zero attached hydrogens (tertiary/aromatic N) is 1. The van der Waals surface area contributed by atoms with Crippen molar-refractivity contribution < 1.29 is 9.53 Å². The Morgan fingerprint density at radius 3 is 2.78 bits per heavy atom. The van der Waals surface area contributed by atoms with Gasteiger partial charge in [0.05, 0.1) is 7.11 Å². The molecule has 116 valence electrons. The smallest absolute Gasteiger partial charge is 0.266 e. The van der Waals surface area contributed by atoms with E-state index in [0.29, 0.717) is 22.0 Å². The Labute approximate surface area is 147 Å². The Morgan fingerprint density at radius 1 is 1.35 bits per heavy atom. The maximum absolute atomic E-state index is 12.3. The average molecular weight is 392 g/mol. The predicted octanol–water partition coefficient (Wildman–Crippen LogP) is 4.66. The predicted molar refractivity (Wildman–Crippen MR) is 94.4 cm³/mol. The summed E-state index contributed by atoms with van der Waals surface area (Å²) in [5.41, 5.74) is 1.09. The van der Waals surface area contributed by atoms with E-state index in [1.807, 2.05) is 12.1 Å². The fourth-order valence-electron chi connectivity index (χ4n) is 1.89. The lowest BCUT2D eigenvalue weighted by molar-refractivity contribution is -0.112. The van der Waals surface area contributed by atoms with Crippen LogP contribution < -0.4 is 10.1 Å². The molecule has 0 bridgehead atoms. The molecule has 0 aliphatic heterocycles. The van der Waals surface area contributed by atoms with Gasteiger partial charge in [-0.15, -0.1) is 0 Å². The molecule has 4 nitrogen and oxygen atoms in total. The van der Waals surface area contributed by atoms with E-state index in [-0.39, 0.29) is 5.57 Å². The zero-order valence-corrected chi connectivity index (χ0v) is 14.5. The first-order valence-electron chi connectivity index (χ1n) is 6.55. The summed E-state index contributed by atoms with van der Waals surface area (Å²) in [6, 6.07) is 14.0. The topological polar surface area (TPSA) is 62.1 Å². The van der Waals surface area contributed by atoms with Crippen molar-refractivity contribution in [2.24, 2.45) is 0 Å². The lowest BCUT2D eigenvalue weighted by Crippen LogP contribution is -2.13. The van der Waals surface area contributed by atoms with Gasteiger partial charge in [-0.05, 0) is 42.5 Å². The highest BCUT2D eigenvalue weighted by atomic mass is 79.9. The number of benzene rings is 2. The number of hydrogen-bond donors (Lipinski definition) is 1. The number of amides is 1. The molecule has 0 fully saturated rings. The molecule has 0 aromatic heterocycles. The van der Waals surface area contributed by atoms with E-state index in [4.69, 9.17) is 16.3 Å². The summed E-state index contributed by atoms with van der Waals surface area (Å²) < 4.78 is 6.04. The summed E-state index contributed by atoms with van der Waals surface area (Å²) in [4.78, 5) is 12.3. The number of ether oxygens (including phenoxy) is 1. The summed E-state index contributed by atoms with van der Waals surface area (Å²) in [6.07, 6.45) is 1.44. The highest BCUT2D eigenvalue weighted by Gasteiger charge is 2.11. The number of rotatable bonds is 4. The molecule has 0 saturated heterocycles. The summed E-state index contributed by atoms with van der Waals surface area (Å²) in [7, 11) is 1.51. The minimum absolute atomic E-state index is 0.0504. The molecule has 0 unspecified atom stereocenters. The molecule has 0 saturated carbocycles. The van der Waals surface area contributed by atoms with E-state index < -0.39 is 5.91 Å². The fraction of sp³-hybridized carbons (Fsp3) is 0.0588. The number of anilines is 1. The molecule has 0 atom stereocenters. The minimum Gasteiger partial charge on any atom is -0.496 e. The van der Waals surface area contributed by atoms with Gasteiger partial charge >= 0.3 is 0 Å². The first-order valence-corrected chi connectivity index (χ1v) is 7.73. The average Bonchev–Trinajstić information content (AvgIpc) is 2.52. The van der Waals surface area contributed by atoms with Gasteiger partial charge in [0.25, 0.3) is 5.91 Å². The van der Waals surface area contributed by atoms with Gasteiger partial charge in [-0.2, -0.15) is 5.26 Å². The molecule has 1 N–H and O–H groups in total. The monoisotopic (exact) mass is 390 g/mol. The van der Waals surface area contributed by atoms with Crippen molar-refractivity contribution in [2.75, 3.05) is 12.4 Å². The lowest BCUT2D eigenvalue weighted by atomic mass is 10.1. The molecule has 6 heteroatoms. The number of carbonyl (C=O) groups excluding carboxylic acids is 1. The van der Waals surface area contributed by atoms with E-state index in [1.54, 1.807) is 36.4 Å². The molecule has 0 heterocycles. The van der Waals surface area contributed by atoms with Crippen LogP contribution in [-0.4, -0.2) is 13.0 Å². The first kappa shape index (κ1) is 17.1. The molecule has 23 heavy (non-hydrogen) atoms. The van der Waals surface area contributed by atoms with Crippen molar-refractivity contribution in [3.8, 4) is 11.8 Å². The van der Waals surface area contributed by atoms with Gasteiger partial charge < -0.3 is 10.1 Å². The Kier molecular flexibility index (Phi) is 5.80. The van der Waals surface area contributed by atoms with Gasteiger partial charge in [-0.1, -0.05) is 33.6 Å². The molecular weight excluding hydrogens is 380 g/mol. The quantitative estimate of drug-likeness (QED) is 0.609. The SMILES string of the molecule is COc1ccc(Cl)cc1/C=C(\C#N)C(=O)Nc1cccc(Br)c1. The van der Waals surface area contributed by atoms with Gasteiger partial charge in [0.2, 0.25) is 0 Å². The van der Waals surface area contributed by atoms with Crippen LogP contribution in [0.3, 0.4) is 0 Å². The molecule has 2 aromatic rings. The molecule has 0 radical (unpaired) electrons. The number of methoxy groups -OCH3 is 1. The van der Waals surface area contributed by atoms with E-state index in [2.05, 4.69) is 21.2 Å². The van der Waals surface area contributed by atoms with Gasteiger partial charge in [0, 0.05) is 20.7 Å². The Balaban J connectivity index is 2.30. The van der Waals surface area contributed by atoms with Crippen LogP contribution in [0.4, 0.5) is 5.69 Å². The van der Waals surface area contributed by atoms with Crippen molar-refractivity contribution >= 4 is 45.2 Å². The van der Waals surface area contributed by atoms with Gasteiger partial charge in [-0.3, -0.25) is 4.79 Å². The highest BCUT2D eigenvalue weighted by molar-refractivity contribution is 9.10. The van der Waals surface area contributed by atoms with Crippen LogP contribution in [0.2, 0.25) is 5.02 Å². The number of nitriles is 1. The molecule has 0 aliphatic rings. The fourth-order valence-corrected chi connectivity index (χ4v) is 2.47. The van der Waals surface area contributed by atoms with Crippen molar-refractivity contribution in [3.63, 3.8) is 0 Å². The van der Waals surface area contributed by atoms with Gasteiger partial charge in [0.1, 0.15) is 17.4 Å². The summed E-state index contributed by atoms with van der Waals surface area (Å²) in [6.45, 7) is 0. The van der Waals surface area contributed by atoms with Crippen LogP contribution >= 0.6 is 27.5 Å². The maximum atomic E-state index is 12.3. The standard InChI is InChI=1S/C17H12BrClN2O2/c1-23-16-6-5-14(19)8-11(16)7-12(10-20)17(22)21-15-4-2-3-13(18)9-15/h2-9H,1H3,(H,21,22)/b12-7+. The maximum Gasteiger partial charge on any atom is 0.266 e. The zero-order valence-electron chi connectivity index (χ0n) is 12.1. The lowest BCUT2D eigenvalue weighted by Gasteiger charge is -2.07. The normalized spacial score (nSPS) is 10.8. The first-order chi connectivity index (χ1) is 11.0. The number of nitrogens with one attached hydrogen (secondary N) is 1. The second kappa shape index (κ2) is 7.82. The summed E-state index contributed by atoms with van der Waals surface area (Å²) >= 11 is 9.28. The van der Waals surface area contributed by atoms with Crippen LogP contribution in [0.1, 0.15) is 5.56 Å². The number of carbonyl (C=O) groups is 1. The second-order valence-electron chi connectivity index (χ2n) is 4.52. The third-order valence-electron chi connectivity index (χ3n) is 2.94. The van der Waals surface area contributed by atoms with Crippen LogP contribution in [0.25, 0.3) is 6.08 Å². The zero-order chi connectivity index (χ0) is 16.8. The molecular formula is C17H12BrClN2O2. The Hall–Kier alpha value is -2.29. The number of halogens is 2. The molecule has 2 aromatic carbocycles. The molecule has 0 aliphatic carbocycles. The summed E-state index contributed by atoms with van der Waals surface area (Å²) in [5.74, 6) is 0.0186. The van der Waals surface area contributed by atoms with Crippen LogP contribution in [-0.2, 0) is 4.79 Å². The third kappa shape index (κ3) is 4.59. The van der Waals surface area contributed by atoms with Crippen molar-refractivity contribution in [1.29, 1.82) is 5.26 Å². The van der Waals surface area contributed by atoms with Crippen LogP contribution in [0.5, 0.6) is 5.75 Å². The minimum atomic E-state index is -0.507. The Morgan fingerprint density at radius 2 is 2.13 bits per heavy atom. The second-order valence-corrected chi connectivity index (χ2v) is 5.87. The van der Waals surface area contributed by atoms with Crippen LogP contribution in [0.15, 0.2) is 52.5 Å². The van der Waals surface area contributed by atoms with Crippen molar-refractivity contribution in [2.45, 2.75) is 0 Å². The van der Waals surface area contributed by atoms with E-state index >= 15 is 0 Å². The Bertz CT molecular complexity index is 812. The van der Waals surface area contributed by atoms with Crippen LogP contribution in [0, 0.1) is 11.3 Å². The van der Waals surface area contributed by atoms with E-state index in [9.17, 15) is 10.1 Å². The third-order valence-corrected chi connectivity index (χ3v) is 3.67. The largest absolute Gasteiger partial charge is 0.496 e. The van der Waals surface area contributed by atoms with E-state index in [1.165, 1.54) is 13.2 Å². The van der Waals surface area contributed by atoms with Gasteiger partial charge in [-0.25, -0.2) is 0 Å². The van der Waals surface area contributed by atoms with E-state index in [0.717, 1.165) is 4.47 Å². The molecule has 0 spiro atoms. The van der Waals surface area contributed by atoms with Crippen molar-refractivity contribution in [3.05, 3.63) is 63.1 Å². The molecule has 2 rings (SSSR count).